The van der Waals surface area contributed by atoms with Crippen LogP contribution in [0.4, 0.5) is 0 Å². The van der Waals surface area contributed by atoms with Gasteiger partial charge >= 0.3 is 11.9 Å². The van der Waals surface area contributed by atoms with Crippen molar-refractivity contribution in [2.75, 3.05) is 0 Å². The molecule has 0 radical (unpaired) electrons. The Labute approximate surface area is 119 Å². The van der Waals surface area contributed by atoms with Crippen LogP contribution in [0.25, 0.3) is 10.9 Å². The van der Waals surface area contributed by atoms with Gasteiger partial charge in [-0.1, -0.05) is 6.07 Å². The second-order valence-electron chi connectivity index (χ2n) is 4.58. The van der Waals surface area contributed by atoms with Gasteiger partial charge in [-0.25, -0.2) is 4.79 Å². The number of hydrogen-bond acceptors (Lipinski definition) is 3. The number of aliphatic carboxylic acids is 2. The van der Waals surface area contributed by atoms with E-state index in [4.69, 9.17) is 10.2 Å². The van der Waals surface area contributed by atoms with Crippen LogP contribution in [0.15, 0.2) is 30.5 Å². The molecule has 2 aromatic rings. The number of carbonyl (C=O) groups excluding carboxylic acids is 1. The summed E-state index contributed by atoms with van der Waals surface area (Å²) in [5, 5.41) is 20.9. The Morgan fingerprint density at radius 2 is 1.95 bits per heavy atom. The molecule has 0 saturated carbocycles. The van der Waals surface area contributed by atoms with Crippen molar-refractivity contribution in [1.82, 2.24) is 10.3 Å². The quantitative estimate of drug-likeness (QED) is 0.637. The van der Waals surface area contributed by atoms with Gasteiger partial charge in [-0.05, 0) is 30.0 Å². The van der Waals surface area contributed by atoms with Crippen molar-refractivity contribution < 1.29 is 24.6 Å². The van der Waals surface area contributed by atoms with Gasteiger partial charge in [0, 0.05) is 23.7 Å². The number of rotatable bonds is 6. The summed E-state index contributed by atoms with van der Waals surface area (Å²) in [6.07, 6.45) is 1.24. The number of carboxylic acid groups (broad SMARTS) is 2. The summed E-state index contributed by atoms with van der Waals surface area (Å²) in [5.41, 5.74) is 1.08. The van der Waals surface area contributed by atoms with E-state index in [-0.39, 0.29) is 12.8 Å². The molecule has 0 bridgehead atoms. The molecular formula is C14H14N2O5. The normalized spacial score (nSPS) is 12.0. The van der Waals surface area contributed by atoms with Gasteiger partial charge in [0.1, 0.15) is 6.04 Å². The van der Waals surface area contributed by atoms with Crippen LogP contribution in [0.2, 0.25) is 0 Å². The van der Waals surface area contributed by atoms with Crippen molar-refractivity contribution in [1.29, 1.82) is 0 Å². The maximum absolute atomic E-state index is 12.0. The minimum Gasteiger partial charge on any atom is -0.481 e. The molecule has 0 spiro atoms. The van der Waals surface area contributed by atoms with E-state index in [1.807, 2.05) is 6.07 Å². The molecule has 0 saturated heterocycles. The van der Waals surface area contributed by atoms with Gasteiger partial charge < -0.3 is 20.5 Å². The van der Waals surface area contributed by atoms with Gasteiger partial charge in [0.15, 0.2) is 0 Å². The Kier molecular flexibility index (Phi) is 4.22. The number of benzene rings is 1. The minimum atomic E-state index is -1.26. The van der Waals surface area contributed by atoms with E-state index in [1.165, 1.54) is 0 Å². The molecule has 0 aliphatic rings. The SMILES string of the molecule is O=C(O)CCC(NC(=O)c1ccc2cc[nH]c2c1)C(=O)O. The molecule has 4 N–H and O–H groups in total. The minimum absolute atomic E-state index is 0.166. The number of nitrogens with one attached hydrogen (secondary N) is 2. The highest BCUT2D eigenvalue weighted by atomic mass is 16.4. The van der Waals surface area contributed by atoms with Crippen molar-refractivity contribution >= 4 is 28.7 Å². The van der Waals surface area contributed by atoms with Crippen LogP contribution < -0.4 is 5.32 Å². The molecule has 0 aliphatic carbocycles. The molecule has 1 aromatic heterocycles. The van der Waals surface area contributed by atoms with Gasteiger partial charge in [0.2, 0.25) is 0 Å². The highest BCUT2D eigenvalue weighted by molar-refractivity contribution is 5.99. The van der Waals surface area contributed by atoms with E-state index in [2.05, 4.69) is 10.3 Å². The van der Waals surface area contributed by atoms with E-state index in [1.54, 1.807) is 24.4 Å². The number of carboxylic acids is 2. The molecule has 21 heavy (non-hydrogen) atoms. The zero-order valence-corrected chi connectivity index (χ0v) is 11.0. The van der Waals surface area contributed by atoms with Crippen LogP contribution in [0.5, 0.6) is 0 Å². The Bertz CT molecular complexity index is 691. The topological polar surface area (TPSA) is 119 Å². The fourth-order valence-electron chi connectivity index (χ4n) is 1.96. The third-order valence-electron chi connectivity index (χ3n) is 3.07. The Morgan fingerprint density at radius 1 is 1.19 bits per heavy atom. The van der Waals surface area contributed by atoms with E-state index >= 15 is 0 Å². The monoisotopic (exact) mass is 290 g/mol. The molecule has 1 aromatic carbocycles. The highest BCUT2D eigenvalue weighted by Crippen LogP contribution is 2.14. The van der Waals surface area contributed by atoms with Gasteiger partial charge in [0.25, 0.3) is 5.91 Å². The second-order valence-corrected chi connectivity index (χ2v) is 4.58. The van der Waals surface area contributed by atoms with Gasteiger partial charge in [0.05, 0.1) is 0 Å². The highest BCUT2D eigenvalue weighted by Gasteiger charge is 2.21. The summed E-state index contributed by atoms with van der Waals surface area (Å²) in [5.74, 6) is -2.92. The number of H-pyrrole nitrogens is 1. The van der Waals surface area contributed by atoms with Crippen molar-refractivity contribution in [3.05, 3.63) is 36.0 Å². The van der Waals surface area contributed by atoms with Crippen molar-refractivity contribution in [3.63, 3.8) is 0 Å². The first-order valence-electron chi connectivity index (χ1n) is 6.30. The van der Waals surface area contributed by atoms with Crippen molar-refractivity contribution in [2.24, 2.45) is 0 Å². The Balaban J connectivity index is 2.10. The maximum atomic E-state index is 12.0. The number of fused-ring (bicyclic) bond motifs is 1. The fraction of sp³-hybridized carbons (Fsp3) is 0.214. The van der Waals surface area contributed by atoms with Crippen LogP contribution in [0.1, 0.15) is 23.2 Å². The predicted molar refractivity (Wildman–Crippen MR) is 74.1 cm³/mol. The largest absolute Gasteiger partial charge is 0.481 e. The molecule has 110 valence electrons. The molecule has 1 atom stereocenters. The summed E-state index contributed by atoms with van der Waals surface area (Å²) in [6, 6.07) is 5.56. The lowest BCUT2D eigenvalue weighted by atomic mass is 10.1. The standard InChI is InChI=1S/C14H14N2O5/c17-12(18)4-3-10(14(20)21)16-13(19)9-2-1-8-5-6-15-11(8)7-9/h1-2,5-7,10,15H,3-4H2,(H,16,19)(H,17,18)(H,20,21). The third-order valence-corrected chi connectivity index (χ3v) is 3.07. The van der Waals surface area contributed by atoms with E-state index in [9.17, 15) is 14.4 Å². The zero-order valence-electron chi connectivity index (χ0n) is 11.0. The summed E-state index contributed by atoms with van der Waals surface area (Å²) in [7, 11) is 0. The number of aromatic nitrogens is 1. The first-order valence-corrected chi connectivity index (χ1v) is 6.30. The van der Waals surface area contributed by atoms with Crippen LogP contribution >= 0.6 is 0 Å². The number of hydrogen-bond donors (Lipinski definition) is 4. The van der Waals surface area contributed by atoms with E-state index in [0.29, 0.717) is 5.56 Å². The van der Waals surface area contributed by atoms with Gasteiger partial charge in [-0.15, -0.1) is 0 Å². The summed E-state index contributed by atoms with van der Waals surface area (Å²) >= 11 is 0. The molecule has 2 rings (SSSR count). The van der Waals surface area contributed by atoms with E-state index < -0.39 is 23.9 Å². The number of carbonyl (C=O) groups is 3. The smallest absolute Gasteiger partial charge is 0.326 e. The summed E-state index contributed by atoms with van der Waals surface area (Å²) in [4.78, 5) is 36.5. The van der Waals surface area contributed by atoms with Gasteiger partial charge in [-0.3, -0.25) is 9.59 Å². The summed E-state index contributed by atoms with van der Waals surface area (Å²) in [6.45, 7) is 0. The molecular weight excluding hydrogens is 276 g/mol. The molecule has 1 unspecified atom stereocenters. The first kappa shape index (κ1) is 14.6. The average molecular weight is 290 g/mol. The fourth-order valence-corrected chi connectivity index (χ4v) is 1.96. The molecule has 7 heteroatoms. The van der Waals surface area contributed by atoms with Crippen LogP contribution in [-0.4, -0.2) is 39.1 Å². The lowest BCUT2D eigenvalue weighted by Gasteiger charge is -2.13. The second kappa shape index (κ2) is 6.08. The van der Waals surface area contributed by atoms with Crippen LogP contribution in [0.3, 0.4) is 0 Å². The van der Waals surface area contributed by atoms with Crippen LogP contribution in [0, 0.1) is 0 Å². The number of aromatic amines is 1. The number of amides is 1. The van der Waals surface area contributed by atoms with Gasteiger partial charge in [-0.2, -0.15) is 0 Å². The molecule has 0 fully saturated rings. The predicted octanol–water partition coefficient (Wildman–Crippen LogP) is 1.22. The Hall–Kier alpha value is -2.83. The maximum Gasteiger partial charge on any atom is 0.326 e. The molecule has 0 aliphatic heterocycles. The van der Waals surface area contributed by atoms with Crippen LogP contribution in [-0.2, 0) is 9.59 Å². The molecule has 7 nitrogen and oxygen atoms in total. The summed E-state index contributed by atoms with van der Waals surface area (Å²) < 4.78 is 0. The first-order chi connectivity index (χ1) is 9.97. The molecule has 1 amide bonds. The average Bonchev–Trinajstić information content (AvgIpc) is 2.89. The van der Waals surface area contributed by atoms with Crippen molar-refractivity contribution in [3.8, 4) is 0 Å². The lowest BCUT2D eigenvalue weighted by molar-refractivity contribution is -0.140. The van der Waals surface area contributed by atoms with Crippen molar-refractivity contribution in [2.45, 2.75) is 18.9 Å². The zero-order chi connectivity index (χ0) is 15.4. The van der Waals surface area contributed by atoms with E-state index in [0.717, 1.165) is 10.9 Å². The molecule has 1 heterocycles. The third kappa shape index (κ3) is 3.59. The Morgan fingerprint density at radius 3 is 2.62 bits per heavy atom. The lowest BCUT2D eigenvalue weighted by Crippen LogP contribution is -2.41.